The standard InChI is InChI=1S/C13H21ClN4O/c1-13(2,18(3)4)7-17-11-9(12(16)19)5-8(15)6-10(11)14/h5-6,17H,7,15H2,1-4H3,(H2,16,19). The lowest BCUT2D eigenvalue weighted by molar-refractivity contribution is 0.100. The summed E-state index contributed by atoms with van der Waals surface area (Å²) < 4.78 is 0. The Kier molecular flexibility index (Phi) is 4.66. The van der Waals surface area contributed by atoms with Gasteiger partial charge >= 0.3 is 0 Å². The Balaban J connectivity index is 3.04. The van der Waals surface area contributed by atoms with Gasteiger partial charge in [0.05, 0.1) is 16.3 Å². The number of carbonyl (C=O) groups is 1. The normalized spacial score (nSPS) is 11.7. The molecule has 0 aliphatic heterocycles. The second-order valence-electron chi connectivity index (χ2n) is 5.35. The Morgan fingerprint density at radius 1 is 1.42 bits per heavy atom. The van der Waals surface area contributed by atoms with Crippen molar-refractivity contribution in [3.8, 4) is 0 Å². The summed E-state index contributed by atoms with van der Waals surface area (Å²) in [7, 11) is 3.97. The summed E-state index contributed by atoms with van der Waals surface area (Å²) in [6.45, 7) is 4.77. The zero-order valence-corrected chi connectivity index (χ0v) is 12.5. The highest BCUT2D eigenvalue weighted by atomic mass is 35.5. The molecule has 1 aromatic rings. The molecule has 0 spiro atoms. The van der Waals surface area contributed by atoms with E-state index in [0.717, 1.165) is 0 Å². The van der Waals surface area contributed by atoms with Crippen LogP contribution in [0.5, 0.6) is 0 Å². The molecule has 5 N–H and O–H groups in total. The van der Waals surface area contributed by atoms with Gasteiger partial charge in [0.2, 0.25) is 0 Å². The molecular weight excluding hydrogens is 264 g/mol. The summed E-state index contributed by atoms with van der Waals surface area (Å²) in [4.78, 5) is 13.5. The predicted octanol–water partition coefficient (Wildman–Crippen LogP) is 1.77. The molecule has 6 heteroatoms. The number of hydrogen-bond donors (Lipinski definition) is 3. The minimum absolute atomic E-state index is 0.0976. The maximum absolute atomic E-state index is 11.4. The van der Waals surface area contributed by atoms with Gasteiger partial charge in [-0.05, 0) is 40.1 Å². The molecule has 1 amide bonds. The number of primary amides is 1. The maximum atomic E-state index is 11.4. The first-order chi connectivity index (χ1) is 8.65. The number of halogens is 1. The highest BCUT2D eigenvalue weighted by Crippen LogP contribution is 2.29. The molecule has 0 saturated carbocycles. The lowest BCUT2D eigenvalue weighted by Gasteiger charge is -2.33. The van der Waals surface area contributed by atoms with Gasteiger partial charge in [-0.15, -0.1) is 0 Å². The maximum Gasteiger partial charge on any atom is 0.250 e. The highest BCUT2D eigenvalue weighted by molar-refractivity contribution is 6.34. The highest BCUT2D eigenvalue weighted by Gasteiger charge is 2.22. The summed E-state index contributed by atoms with van der Waals surface area (Å²) in [5.74, 6) is -0.556. The fraction of sp³-hybridized carbons (Fsp3) is 0.462. The average Bonchev–Trinajstić information content (AvgIpc) is 2.26. The van der Waals surface area contributed by atoms with Crippen molar-refractivity contribution in [2.45, 2.75) is 19.4 Å². The number of amides is 1. The van der Waals surface area contributed by atoms with Crippen molar-refractivity contribution < 1.29 is 4.79 Å². The smallest absolute Gasteiger partial charge is 0.250 e. The van der Waals surface area contributed by atoms with Gasteiger partial charge in [-0.1, -0.05) is 11.6 Å². The number of carbonyl (C=O) groups excluding carboxylic acids is 1. The molecule has 0 radical (unpaired) electrons. The molecule has 0 atom stereocenters. The van der Waals surface area contributed by atoms with Crippen LogP contribution >= 0.6 is 11.6 Å². The molecular formula is C13H21ClN4O. The van der Waals surface area contributed by atoms with E-state index < -0.39 is 5.91 Å². The van der Waals surface area contributed by atoms with E-state index in [1.54, 1.807) is 6.07 Å². The van der Waals surface area contributed by atoms with E-state index in [-0.39, 0.29) is 5.54 Å². The third-order valence-electron chi connectivity index (χ3n) is 3.29. The molecule has 0 unspecified atom stereocenters. The largest absolute Gasteiger partial charge is 0.399 e. The van der Waals surface area contributed by atoms with Crippen LogP contribution in [-0.2, 0) is 0 Å². The monoisotopic (exact) mass is 284 g/mol. The number of rotatable bonds is 5. The van der Waals surface area contributed by atoms with Crippen molar-refractivity contribution in [2.24, 2.45) is 5.73 Å². The van der Waals surface area contributed by atoms with E-state index in [1.807, 2.05) is 14.1 Å². The third-order valence-corrected chi connectivity index (χ3v) is 3.58. The topological polar surface area (TPSA) is 84.4 Å². The van der Waals surface area contributed by atoms with Gasteiger partial charge in [0, 0.05) is 17.8 Å². The number of anilines is 2. The lowest BCUT2D eigenvalue weighted by Crippen LogP contribution is -2.44. The first-order valence-corrected chi connectivity index (χ1v) is 6.33. The minimum Gasteiger partial charge on any atom is -0.399 e. The van der Waals surface area contributed by atoms with Crippen molar-refractivity contribution in [3.63, 3.8) is 0 Å². The zero-order chi connectivity index (χ0) is 14.8. The number of hydrogen-bond acceptors (Lipinski definition) is 4. The van der Waals surface area contributed by atoms with Crippen LogP contribution in [0, 0.1) is 0 Å². The Morgan fingerprint density at radius 2 is 2.00 bits per heavy atom. The molecule has 0 fully saturated rings. The predicted molar refractivity (Wildman–Crippen MR) is 80.6 cm³/mol. The number of likely N-dealkylation sites (N-methyl/N-ethyl adjacent to an activating group) is 1. The van der Waals surface area contributed by atoms with Crippen LogP contribution in [0.2, 0.25) is 5.02 Å². The van der Waals surface area contributed by atoms with E-state index in [4.69, 9.17) is 23.1 Å². The molecule has 0 bridgehead atoms. The molecule has 106 valence electrons. The number of nitrogens with zero attached hydrogens (tertiary/aromatic N) is 1. The van der Waals surface area contributed by atoms with Crippen molar-refractivity contribution >= 4 is 28.9 Å². The van der Waals surface area contributed by atoms with Crippen molar-refractivity contribution in [1.29, 1.82) is 0 Å². The molecule has 0 saturated heterocycles. The lowest BCUT2D eigenvalue weighted by atomic mass is 10.0. The van der Waals surface area contributed by atoms with Crippen LogP contribution in [0.4, 0.5) is 11.4 Å². The second kappa shape index (κ2) is 5.67. The van der Waals surface area contributed by atoms with Gasteiger partial charge in [-0.2, -0.15) is 0 Å². The molecule has 0 aliphatic carbocycles. The van der Waals surface area contributed by atoms with Crippen LogP contribution in [0.25, 0.3) is 0 Å². The zero-order valence-electron chi connectivity index (χ0n) is 11.7. The van der Waals surface area contributed by atoms with Crippen molar-refractivity contribution in [2.75, 3.05) is 31.7 Å². The fourth-order valence-corrected chi connectivity index (χ4v) is 1.76. The van der Waals surface area contributed by atoms with Gasteiger partial charge in [0.15, 0.2) is 0 Å². The van der Waals surface area contributed by atoms with Crippen LogP contribution in [0.3, 0.4) is 0 Å². The molecule has 5 nitrogen and oxygen atoms in total. The summed E-state index contributed by atoms with van der Waals surface area (Å²) >= 11 is 6.12. The Labute approximate surface area is 118 Å². The van der Waals surface area contributed by atoms with Gasteiger partial charge in [0.1, 0.15) is 0 Å². The van der Waals surface area contributed by atoms with E-state index in [9.17, 15) is 4.79 Å². The molecule has 0 aromatic heterocycles. The molecule has 1 aromatic carbocycles. The summed E-state index contributed by atoms with van der Waals surface area (Å²) in [5.41, 5.74) is 12.2. The fourth-order valence-electron chi connectivity index (χ4n) is 1.46. The summed E-state index contributed by atoms with van der Waals surface area (Å²) in [5, 5.41) is 3.57. The van der Waals surface area contributed by atoms with Crippen LogP contribution < -0.4 is 16.8 Å². The van der Waals surface area contributed by atoms with E-state index in [1.165, 1.54) is 6.07 Å². The first-order valence-electron chi connectivity index (χ1n) is 5.95. The molecule has 19 heavy (non-hydrogen) atoms. The second-order valence-corrected chi connectivity index (χ2v) is 5.76. The van der Waals surface area contributed by atoms with Crippen molar-refractivity contribution in [3.05, 3.63) is 22.7 Å². The number of nitrogens with two attached hydrogens (primary N) is 2. The Morgan fingerprint density at radius 3 is 2.47 bits per heavy atom. The molecule has 0 aliphatic rings. The van der Waals surface area contributed by atoms with Gasteiger partial charge < -0.3 is 21.7 Å². The minimum atomic E-state index is -0.556. The number of nitrogens with one attached hydrogen (secondary N) is 1. The van der Waals surface area contributed by atoms with Gasteiger partial charge in [0.25, 0.3) is 5.91 Å². The summed E-state index contributed by atoms with van der Waals surface area (Å²) in [6, 6.07) is 3.12. The van der Waals surface area contributed by atoms with Crippen molar-refractivity contribution in [1.82, 2.24) is 4.90 Å². The molecule has 1 rings (SSSR count). The SMILES string of the molecule is CN(C)C(C)(C)CNc1c(Cl)cc(N)cc1C(N)=O. The Bertz CT molecular complexity index is 486. The van der Waals surface area contributed by atoms with Gasteiger partial charge in [-0.3, -0.25) is 4.79 Å². The van der Waals surface area contributed by atoms with E-state index in [2.05, 4.69) is 24.1 Å². The first kappa shape index (κ1) is 15.6. The Hall–Kier alpha value is -1.46. The summed E-state index contributed by atoms with van der Waals surface area (Å²) in [6.07, 6.45) is 0. The van der Waals surface area contributed by atoms with Crippen LogP contribution in [0.1, 0.15) is 24.2 Å². The van der Waals surface area contributed by atoms with Crippen LogP contribution in [-0.4, -0.2) is 37.0 Å². The molecule has 0 heterocycles. The van der Waals surface area contributed by atoms with E-state index in [0.29, 0.717) is 28.5 Å². The van der Waals surface area contributed by atoms with Crippen LogP contribution in [0.15, 0.2) is 12.1 Å². The van der Waals surface area contributed by atoms with E-state index >= 15 is 0 Å². The van der Waals surface area contributed by atoms with Gasteiger partial charge in [-0.25, -0.2) is 0 Å². The number of nitrogen functional groups attached to an aromatic ring is 1. The average molecular weight is 285 g/mol. The number of benzene rings is 1. The quantitative estimate of drug-likeness (QED) is 0.720. The third kappa shape index (κ3) is 3.75.